The van der Waals surface area contributed by atoms with E-state index in [9.17, 15) is 4.79 Å². The molecule has 0 saturated carbocycles. The normalized spacial score (nSPS) is 16.8. The number of amides is 1. The summed E-state index contributed by atoms with van der Waals surface area (Å²) < 4.78 is 0. The van der Waals surface area contributed by atoms with Crippen LogP contribution in [0.5, 0.6) is 0 Å². The van der Waals surface area contributed by atoms with Gasteiger partial charge in [0, 0.05) is 44.8 Å². The highest BCUT2D eigenvalue weighted by Crippen LogP contribution is 2.21. The lowest BCUT2D eigenvalue weighted by Gasteiger charge is -2.41. The van der Waals surface area contributed by atoms with E-state index in [1.807, 2.05) is 45.2 Å². The van der Waals surface area contributed by atoms with Gasteiger partial charge in [-0.1, -0.05) is 29.8 Å². The van der Waals surface area contributed by atoms with Crippen molar-refractivity contribution in [2.24, 2.45) is 0 Å². The molecule has 1 saturated heterocycles. The maximum atomic E-state index is 12.8. The van der Waals surface area contributed by atoms with Crippen LogP contribution in [0, 0.1) is 0 Å². The zero-order chi connectivity index (χ0) is 15.5. The molecule has 1 fully saturated rings. The van der Waals surface area contributed by atoms with E-state index in [-0.39, 0.29) is 5.91 Å². The highest BCUT2D eigenvalue weighted by molar-refractivity contribution is 6.31. The molecule has 1 aliphatic heterocycles. The summed E-state index contributed by atoms with van der Waals surface area (Å²) in [5.74, 6) is 0.129. The lowest BCUT2D eigenvalue weighted by atomic mass is 9.99. The van der Waals surface area contributed by atoms with E-state index in [0.717, 1.165) is 31.7 Å². The molecule has 2 rings (SSSR count). The number of hydrogen-bond donors (Lipinski definition) is 1. The van der Waals surface area contributed by atoms with Gasteiger partial charge in [0.25, 0.3) is 0 Å². The van der Waals surface area contributed by atoms with E-state index < -0.39 is 5.54 Å². The van der Waals surface area contributed by atoms with E-state index in [2.05, 4.69) is 10.2 Å². The summed E-state index contributed by atoms with van der Waals surface area (Å²) in [4.78, 5) is 16.8. The van der Waals surface area contributed by atoms with Crippen LogP contribution in [0.1, 0.15) is 19.4 Å². The van der Waals surface area contributed by atoms with Crippen molar-refractivity contribution in [3.63, 3.8) is 0 Å². The molecule has 0 unspecified atom stereocenters. The van der Waals surface area contributed by atoms with Crippen molar-refractivity contribution >= 4 is 17.5 Å². The van der Waals surface area contributed by atoms with Gasteiger partial charge in [0.05, 0.1) is 5.54 Å². The highest BCUT2D eigenvalue weighted by Gasteiger charge is 2.37. The molecule has 5 heteroatoms. The molecule has 1 heterocycles. The Labute approximate surface area is 132 Å². The third-order valence-electron chi connectivity index (χ3n) is 4.14. The Bertz CT molecular complexity index is 498. The number of likely N-dealkylation sites (N-methyl/N-ethyl adjacent to an activating group) is 1. The maximum absolute atomic E-state index is 12.8. The van der Waals surface area contributed by atoms with Crippen LogP contribution < -0.4 is 5.32 Å². The standard InChI is InChI=1S/C16H24ClN3O/c1-16(2,20-10-8-18-9-11-20)15(21)19(3)12-13-6-4-5-7-14(13)17/h4-7,18H,8-12H2,1-3H3. The van der Waals surface area contributed by atoms with Gasteiger partial charge in [-0.25, -0.2) is 0 Å². The maximum Gasteiger partial charge on any atom is 0.242 e. The van der Waals surface area contributed by atoms with Crippen LogP contribution >= 0.6 is 11.6 Å². The third kappa shape index (κ3) is 3.76. The van der Waals surface area contributed by atoms with E-state index in [0.29, 0.717) is 11.6 Å². The van der Waals surface area contributed by atoms with Crippen molar-refractivity contribution in [2.75, 3.05) is 33.2 Å². The largest absolute Gasteiger partial charge is 0.340 e. The Morgan fingerprint density at radius 3 is 2.57 bits per heavy atom. The van der Waals surface area contributed by atoms with Gasteiger partial charge < -0.3 is 10.2 Å². The molecule has 0 spiro atoms. The average molecular weight is 310 g/mol. The molecule has 1 amide bonds. The third-order valence-corrected chi connectivity index (χ3v) is 4.51. The van der Waals surface area contributed by atoms with Gasteiger partial charge in [-0.2, -0.15) is 0 Å². The number of hydrogen-bond acceptors (Lipinski definition) is 3. The lowest BCUT2D eigenvalue weighted by Crippen LogP contribution is -2.60. The van der Waals surface area contributed by atoms with Gasteiger partial charge in [-0.15, -0.1) is 0 Å². The topological polar surface area (TPSA) is 35.6 Å². The Hall–Kier alpha value is -1.10. The number of piperazine rings is 1. The van der Waals surface area contributed by atoms with E-state index in [1.54, 1.807) is 4.90 Å². The van der Waals surface area contributed by atoms with Crippen molar-refractivity contribution < 1.29 is 4.79 Å². The van der Waals surface area contributed by atoms with Gasteiger partial charge in [0.15, 0.2) is 0 Å². The van der Waals surface area contributed by atoms with Crippen molar-refractivity contribution in [1.82, 2.24) is 15.1 Å². The molecular weight excluding hydrogens is 286 g/mol. The van der Waals surface area contributed by atoms with E-state index in [4.69, 9.17) is 11.6 Å². The van der Waals surface area contributed by atoms with Gasteiger partial charge in [0.1, 0.15) is 0 Å². The van der Waals surface area contributed by atoms with Crippen LogP contribution in [0.25, 0.3) is 0 Å². The fraction of sp³-hybridized carbons (Fsp3) is 0.562. The first kappa shape index (κ1) is 16.3. The van der Waals surface area contributed by atoms with Gasteiger partial charge >= 0.3 is 0 Å². The number of carbonyl (C=O) groups excluding carboxylic acids is 1. The zero-order valence-corrected chi connectivity index (χ0v) is 13.8. The minimum atomic E-state index is -0.488. The molecule has 1 aromatic carbocycles. The van der Waals surface area contributed by atoms with Gasteiger partial charge in [-0.3, -0.25) is 9.69 Å². The number of nitrogens with one attached hydrogen (secondary N) is 1. The molecule has 1 N–H and O–H groups in total. The quantitative estimate of drug-likeness (QED) is 0.924. The molecule has 0 aromatic heterocycles. The first-order chi connectivity index (χ1) is 9.93. The van der Waals surface area contributed by atoms with Crippen LogP contribution in [0.3, 0.4) is 0 Å². The number of benzene rings is 1. The zero-order valence-electron chi connectivity index (χ0n) is 13.0. The monoisotopic (exact) mass is 309 g/mol. The summed E-state index contributed by atoms with van der Waals surface area (Å²) in [6, 6.07) is 7.67. The predicted octanol–water partition coefficient (Wildman–Crippen LogP) is 1.98. The number of halogens is 1. The molecule has 0 atom stereocenters. The van der Waals surface area contributed by atoms with E-state index >= 15 is 0 Å². The van der Waals surface area contributed by atoms with Crippen molar-refractivity contribution in [1.29, 1.82) is 0 Å². The van der Waals surface area contributed by atoms with Crippen LogP contribution in [0.4, 0.5) is 0 Å². The summed E-state index contributed by atoms with van der Waals surface area (Å²) in [6.07, 6.45) is 0. The Morgan fingerprint density at radius 1 is 1.33 bits per heavy atom. The fourth-order valence-electron chi connectivity index (χ4n) is 2.78. The van der Waals surface area contributed by atoms with Crippen LogP contribution in [-0.2, 0) is 11.3 Å². The van der Waals surface area contributed by atoms with Crippen molar-refractivity contribution in [3.8, 4) is 0 Å². The van der Waals surface area contributed by atoms with Gasteiger partial charge in [-0.05, 0) is 25.5 Å². The smallest absolute Gasteiger partial charge is 0.242 e. The van der Waals surface area contributed by atoms with Crippen molar-refractivity contribution in [2.45, 2.75) is 25.9 Å². The highest BCUT2D eigenvalue weighted by atomic mass is 35.5. The molecule has 0 radical (unpaired) electrons. The SMILES string of the molecule is CN(Cc1ccccc1Cl)C(=O)C(C)(C)N1CCNCC1. The molecule has 0 aliphatic carbocycles. The minimum Gasteiger partial charge on any atom is -0.340 e. The van der Waals surface area contributed by atoms with E-state index in [1.165, 1.54) is 0 Å². The minimum absolute atomic E-state index is 0.129. The molecule has 116 valence electrons. The lowest BCUT2D eigenvalue weighted by molar-refractivity contribution is -0.142. The fourth-order valence-corrected chi connectivity index (χ4v) is 2.98. The van der Waals surface area contributed by atoms with Crippen LogP contribution in [0.15, 0.2) is 24.3 Å². The van der Waals surface area contributed by atoms with Gasteiger partial charge in [0.2, 0.25) is 5.91 Å². The summed E-state index contributed by atoms with van der Waals surface area (Å²) in [5, 5.41) is 4.02. The summed E-state index contributed by atoms with van der Waals surface area (Å²) in [5.41, 5.74) is 0.490. The Morgan fingerprint density at radius 2 is 1.95 bits per heavy atom. The molecule has 1 aromatic rings. The molecular formula is C16H24ClN3O. The summed E-state index contributed by atoms with van der Waals surface area (Å²) >= 11 is 6.18. The molecule has 21 heavy (non-hydrogen) atoms. The first-order valence-corrected chi connectivity index (χ1v) is 7.75. The second-order valence-electron chi connectivity index (χ2n) is 6.05. The summed E-state index contributed by atoms with van der Waals surface area (Å²) in [6.45, 7) is 8.22. The number of rotatable bonds is 4. The second kappa shape index (κ2) is 6.77. The van der Waals surface area contributed by atoms with Crippen molar-refractivity contribution in [3.05, 3.63) is 34.9 Å². The Balaban J connectivity index is 2.05. The molecule has 1 aliphatic rings. The number of nitrogens with zero attached hydrogens (tertiary/aromatic N) is 2. The number of carbonyl (C=O) groups is 1. The second-order valence-corrected chi connectivity index (χ2v) is 6.46. The molecule has 0 bridgehead atoms. The molecule has 4 nitrogen and oxygen atoms in total. The predicted molar refractivity (Wildman–Crippen MR) is 86.4 cm³/mol. The van der Waals surface area contributed by atoms with Crippen LogP contribution in [-0.4, -0.2) is 54.5 Å². The average Bonchev–Trinajstić information content (AvgIpc) is 2.49. The Kier molecular flexibility index (Phi) is 5.25. The summed E-state index contributed by atoms with van der Waals surface area (Å²) in [7, 11) is 1.84. The first-order valence-electron chi connectivity index (χ1n) is 7.37. The van der Waals surface area contributed by atoms with Crippen LogP contribution in [0.2, 0.25) is 5.02 Å².